The van der Waals surface area contributed by atoms with Crippen LogP contribution in [0.4, 0.5) is 5.69 Å². The number of amides is 1. The van der Waals surface area contributed by atoms with Crippen LogP contribution in [0.1, 0.15) is 16.9 Å². The molecule has 0 saturated heterocycles. The molecule has 1 aromatic carbocycles. The molecule has 128 valence electrons. The molecule has 2 aromatic heterocycles. The number of hydrogen-bond acceptors (Lipinski definition) is 5. The Labute approximate surface area is 148 Å². The lowest BCUT2D eigenvalue weighted by molar-refractivity contribution is -0.116. The number of carbonyl (C=O) groups is 1. The molecule has 25 heavy (non-hydrogen) atoms. The van der Waals surface area contributed by atoms with Crippen LogP contribution in [0, 0.1) is 0 Å². The fourth-order valence-electron chi connectivity index (χ4n) is 3.22. The number of carbonyl (C=O) groups excluding carboxylic acids is 1. The van der Waals surface area contributed by atoms with Gasteiger partial charge < -0.3 is 10.1 Å². The van der Waals surface area contributed by atoms with E-state index in [1.807, 2.05) is 12.1 Å². The van der Waals surface area contributed by atoms with Gasteiger partial charge >= 0.3 is 0 Å². The molecule has 6 nitrogen and oxygen atoms in total. The van der Waals surface area contributed by atoms with Gasteiger partial charge in [-0.2, -0.15) is 0 Å². The van der Waals surface area contributed by atoms with Crippen LogP contribution in [0.25, 0.3) is 10.2 Å². The van der Waals surface area contributed by atoms with Crippen LogP contribution in [0.3, 0.4) is 0 Å². The van der Waals surface area contributed by atoms with Crippen molar-refractivity contribution >= 4 is 33.1 Å². The van der Waals surface area contributed by atoms with Gasteiger partial charge in [-0.05, 0) is 37.0 Å². The van der Waals surface area contributed by atoms with Gasteiger partial charge in [0.25, 0.3) is 5.56 Å². The van der Waals surface area contributed by atoms with E-state index < -0.39 is 0 Å². The summed E-state index contributed by atoms with van der Waals surface area (Å²) in [6, 6.07) is 7.16. The molecule has 0 spiro atoms. The van der Waals surface area contributed by atoms with E-state index in [1.165, 1.54) is 15.8 Å². The molecule has 7 heteroatoms. The van der Waals surface area contributed by atoms with Crippen LogP contribution in [0.2, 0.25) is 0 Å². The van der Waals surface area contributed by atoms with Crippen molar-refractivity contribution in [3.05, 3.63) is 51.4 Å². The van der Waals surface area contributed by atoms with Gasteiger partial charge in [-0.3, -0.25) is 14.2 Å². The predicted molar refractivity (Wildman–Crippen MR) is 97.5 cm³/mol. The minimum absolute atomic E-state index is 0.0789. The molecule has 3 aromatic rings. The second kappa shape index (κ2) is 6.33. The van der Waals surface area contributed by atoms with Gasteiger partial charge in [0, 0.05) is 4.88 Å². The average molecular weight is 355 g/mol. The van der Waals surface area contributed by atoms with E-state index in [1.54, 1.807) is 30.6 Å². The molecule has 0 fully saturated rings. The largest absolute Gasteiger partial charge is 0.495 e. The first-order valence-electron chi connectivity index (χ1n) is 8.10. The van der Waals surface area contributed by atoms with Crippen LogP contribution in [-0.2, 0) is 24.2 Å². The third-order valence-corrected chi connectivity index (χ3v) is 5.59. The summed E-state index contributed by atoms with van der Waals surface area (Å²) in [6.45, 7) is -0.0789. The fourth-order valence-corrected chi connectivity index (χ4v) is 4.44. The Hall–Kier alpha value is -2.67. The molecule has 2 heterocycles. The maximum Gasteiger partial charge on any atom is 0.262 e. The summed E-state index contributed by atoms with van der Waals surface area (Å²) in [7, 11) is 1.55. The third-order valence-electron chi connectivity index (χ3n) is 4.39. The van der Waals surface area contributed by atoms with Crippen molar-refractivity contribution in [2.45, 2.75) is 25.8 Å². The molecule has 0 unspecified atom stereocenters. The number of ether oxygens (including phenoxy) is 1. The first-order valence-corrected chi connectivity index (χ1v) is 8.91. The quantitative estimate of drug-likeness (QED) is 0.781. The van der Waals surface area contributed by atoms with Crippen LogP contribution in [-0.4, -0.2) is 22.6 Å². The minimum Gasteiger partial charge on any atom is -0.495 e. The second-order valence-electron chi connectivity index (χ2n) is 5.96. The van der Waals surface area contributed by atoms with Crippen LogP contribution in [0.5, 0.6) is 5.75 Å². The monoisotopic (exact) mass is 355 g/mol. The highest BCUT2D eigenvalue weighted by Gasteiger charge is 2.21. The van der Waals surface area contributed by atoms with Crippen molar-refractivity contribution in [1.82, 2.24) is 9.55 Å². The van der Waals surface area contributed by atoms with Gasteiger partial charge in [-0.25, -0.2) is 4.98 Å². The lowest BCUT2D eigenvalue weighted by Gasteiger charge is -2.10. The van der Waals surface area contributed by atoms with E-state index in [0.29, 0.717) is 16.8 Å². The molecule has 0 saturated carbocycles. The maximum atomic E-state index is 12.8. The fraction of sp³-hybridized carbons (Fsp3) is 0.278. The zero-order chi connectivity index (χ0) is 17.4. The molecular formula is C18H17N3O3S. The van der Waals surface area contributed by atoms with Crippen LogP contribution >= 0.6 is 11.3 Å². The van der Waals surface area contributed by atoms with Gasteiger partial charge in [0.2, 0.25) is 5.91 Å². The lowest BCUT2D eigenvalue weighted by atomic mass is 10.2. The molecule has 0 radical (unpaired) electrons. The van der Waals surface area contributed by atoms with Gasteiger partial charge in [0.1, 0.15) is 17.1 Å². The van der Waals surface area contributed by atoms with Crippen molar-refractivity contribution in [2.75, 3.05) is 12.4 Å². The normalized spacial score (nSPS) is 13.0. The Kier molecular flexibility index (Phi) is 4.01. The summed E-state index contributed by atoms with van der Waals surface area (Å²) in [6.07, 6.45) is 4.48. The van der Waals surface area contributed by atoms with Crippen molar-refractivity contribution in [3.63, 3.8) is 0 Å². The molecule has 1 aliphatic carbocycles. The number of nitrogens with one attached hydrogen (secondary N) is 1. The Bertz CT molecular complexity index is 1020. The highest BCUT2D eigenvalue weighted by Crippen LogP contribution is 2.34. The molecule has 1 aliphatic rings. The Morgan fingerprint density at radius 3 is 3.04 bits per heavy atom. The van der Waals surface area contributed by atoms with Crippen molar-refractivity contribution in [2.24, 2.45) is 0 Å². The van der Waals surface area contributed by atoms with Crippen LogP contribution < -0.4 is 15.6 Å². The number of anilines is 1. The average Bonchev–Trinajstić information content (AvgIpc) is 3.18. The number of thiophene rings is 1. The summed E-state index contributed by atoms with van der Waals surface area (Å²) >= 11 is 1.59. The van der Waals surface area contributed by atoms with Gasteiger partial charge in [0.15, 0.2) is 0 Å². The highest BCUT2D eigenvalue weighted by molar-refractivity contribution is 7.18. The van der Waals surface area contributed by atoms with Crippen LogP contribution in [0.15, 0.2) is 35.4 Å². The SMILES string of the molecule is COc1ccccc1NC(=O)Cn1cnc2sc3c(c2c1=O)CCC3. The molecule has 0 atom stereocenters. The Balaban J connectivity index is 1.61. The summed E-state index contributed by atoms with van der Waals surface area (Å²) < 4.78 is 6.60. The predicted octanol–water partition coefficient (Wildman–Crippen LogP) is 2.59. The summed E-state index contributed by atoms with van der Waals surface area (Å²) in [5, 5.41) is 3.47. The van der Waals surface area contributed by atoms with E-state index in [2.05, 4.69) is 10.3 Å². The zero-order valence-corrected chi connectivity index (χ0v) is 14.6. The number of methoxy groups -OCH3 is 1. The lowest BCUT2D eigenvalue weighted by Crippen LogP contribution is -2.28. The van der Waals surface area contributed by atoms with Crippen molar-refractivity contribution in [1.29, 1.82) is 0 Å². The maximum absolute atomic E-state index is 12.8. The first kappa shape index (κ1) is 15.8. The van der Waals surface area contributed by atoms with Crippen molar-refractivity contribution < 1.29 is 9.53 Å². The molecule has 1 amide bonds. The van der Waals surface area contributed by atoms with E-state index in [4.69, 9.17) is 4.74 Å². The number of rotatable bonds is 4. The Morgan fingerprint density at radius 2 is 2.20 bits per heavy atom. The van der Waals surface area contributed by atoms with Crippen molar-refractivity contribution in [3.8, 4) is 5.75 Å². The number of aromatic nitrogens is 2. The zero-order valence-electron chi connectivity index (χ0n) is 13.7. The summed E-state index contributed by atoms with van der Waals surface area (Å²) in [5.74, 6) is 0.284. The van der Waals surface area contributed by atoms with Gasteiger partial charge in [-0.1, -0.05) is 12.1 Å². The second-order valence-corrected chi connectivity index (χ2v) is 7.05. The number of para-hydroxylation sites is 2. The summed E-state index contributed by atoms with van der Waals surface area (Å²) in [4.78, 5) is 31.6. The van der Waals surface area contributed by atoms with E-state index >= 15 is 0 Å². The summed E-state index contributed by atoms with van der Waals surface area (Å²) in [5.41, 5.74) is 1.56. The third kappa shape index (κ3) is 2.80. The smallest absolute Gasteiger partial charge is 0.262 e. The topological polar surface area (TPSA) is 73.2 Å². The van der Waals surface area contributed by atoms with Gasteiger partial charge in [-0.15, -0.1) is 11.3 Å². The number of nitrogens with zero attached hydrogens (tertiary/aromatic N) is 2. The number of hydrogen-bond donors (Lipinski definition) is 1. The van der Waals surface area contributed by atoms with E-state index in [9.17, 15) is 9.59 Å². The van der Waals surface area contributed by atoms with E-state index in [-0.39, 0.29) is 18.0 Å². The standard InChI is InChI=1S/C18H17N3O3S/c1-24-13-7-3-2-6-12(13)20-15(22)9-21-10-19-17-16(18(21)23)11-5-4-8-14(11)25-17/h2-3,6-7,10H,4-5,8-9H2,1H3,(H,20,22). The van der Waals surface area contributed by atoms with E-state index in [0.717, 1.165) is 29.7 Å². The number of benzene rings is 1. The van der Waals surface area contributed by atoms with Gasteiger partial charge in [0.05, 0.1) is 24.5 Å². The Morgan fingerprint density at radius 1 is 1.36 bits per heavy atom. The highest BCUT2D eigenvalue weighted by atomic mass is 32.1. The number of aryl methyl sites for hydroxylation is 2. The molecular weight excluding hydrogens is 338 g/mol. The minimum atomic E-state index is -0.292. The first-order chi connectivity index (χ1) is 12.2. The molecule has 4 rings (SSSR count). The molecule has 0 aliphatic heterocycles. The molecule has 1 N–H and O–H groups in total. The molecule has 0 bridgehead atoms. The number of fused-ring (bicyclic) bond motifs is 3.